The van der Waals surface area contributed by atoms with Gasteiger partial charge in [-0.15, -0.1) is 0 Å². The van der Waals surface area contributed by atoms with Gasteiger partial charge in [0.15, 0.2) is 6.61 Å². The third-order valence-electron chi connectivity index (χ3n) is 2.00. The summed E-state index contributed by atoms with van der Waals surface area (Å²) in [5.41, 5.74) is 4.87. The second-order valence-corrected chi connectivity index (χ2v) is 3.69. The molecule has 4 N–H and O–H groups in total. The number of carboxylic acid groups (broad SMARTS) is 1. The first-order chi connectivity index (χ1) is 8.88. The molecule has 1 aromatic rings. The summed E-state index contributed by atoms with van der Waals surface area (Å²) in [6, 6.07) is 0.0818. The maximum Gasteiger partial charge on any atom is 0.326 e. The van der Waals surface area contributed by atoms with E-state index in [1.165, 1.54) is 6.07 Å². The standard InChI is InChI=1S/C10H13N3O6/c1-5-2-9(13-19-5)18-4-8(15)12-6(10(16)17)3-7(11)14/h2,6H,3-4H2,1H3,(H2,11,14)(H,12,15)(H,16,17)/t6-/m1/s1. The lowest BCUT2D eigenvalue weighted by Gasteiger charge is -2.12. The van der Waals surface area contributed by atoms with Crippen LogP contribution in [-0.2, 0) is 14.4 Å². The summed E-state index contributed by atoms with van der Waals surface area (Å²) >= 11 is 0. The molecule has 0 aliphatic heterocycles. The molecule has 2 amide bonds. The number of carboxylic acids is 1. The van der Waals surface area contributed by atoms with E-state index in [0.717, 1.165) is 0 Å². The topological polar surface area (TPSA) is 145 Å². The maximum atomic E-state index is 11.4. The van der Waals surface area contributed by atoms with Gasteiger partial charge in [-0.2, -0.15) is 0 Å². The number of aryl methyl sites for hydroxylation is 1. The van der Waals surface area contributed by atoms with Crippen LogP contribution in [-0.4, -0.2) is 40.7 Å². The van der Waals surface area contributed by atoms with E-state index in [0.29, 0.717) is 5.76 Å². The largest absolute Gasteiger partial charge is 0.480 e. The molecule has 0 aromatic carbocycles. The number of rotatable bonds is 7. The number of carbonyl (C=O) groups is 3. The number of nitrogens with zero attached hydrogens (tertiary/aromatic N) is 1. The summed E-state index contributed by atoms with van der Waals surface area (Å²) < 4.78 is 9.65. The first kappa shape index (κ1) is 14.5. The van der Waals surface area contributed by atoms with E-state index in [9.17, 15) is 14.4 Å². The SMILES string of the molecule is Cc1cc(OCC(=O)N[C@H](CC(N)=O)C(=O)O)no1. The van der Waals surface area contributed by atoms with Gasteiger partial charge in [-0.3, -0.25) is 9.59 Å². The van der Waals surface area contributed by atoms with Crippen molar-refractivity contribution in [2.45, 2.75) is 19.4 Å². The molecule has 1 aromatic heterocycles. The second kappa shape index (κ2) is 6.38. The molecular weight excluding hydrogens is 258 g/mol. The van der Waals surface area contributed by atoms with E-state index in [4.69, 9.17) is 20.1 Å². The Morgan fingerprint density at radius 1 is 1.58 bits per heavy atom. The number of hydrogen-bond acceptors (Lipinski definition) is 6. The molecule has 0 unspecified atom stereocenters. The highest BCUT2D eigenvalue weighted by molar-refractivity contribution is 5.88. The molecule has 1 atom stereocenters. The van der Waals surface area contributed by atoms with Gasteiger partial charge >= 0.3 is 5.97 Å². The van der Waals surface area contributed by atoms with Gasteiger partial charge in [0.2, 0.25) is 5.91 Å². The zero-order chi connectivity index (χ0) is 14.4. The van der Waals surface area contributed by atoms with Crippen molar-refractivity contribution in [3.05, 3.63) is 11.8 Å². The minimum atomic E-state index is -1.38. The number of aliphatic carboxylic acids is 1. The molecule has 0 spiro atoms. The highest BCUT2D eigenvalue weighted by atomic mass is 16.5. The molecule has 19 heavy (non-hydrogen) atoms. The number of nitrogens with one attached hydrogen (secondary N) is 1. The van der Waals surface area contributed by atoms with Crippen molar-refractivity contribution >= 4 is 17.8 Å². The third-order valence-corrected chi connectivity index (χ3v) is 2.00. The van der Waals surface area contributed by atoms with E-state index in [1.54, 1.807) is 6.92 Å². The number of hydrogen-bond donors (Lipinski definition) is 3. The van der Waals surface area contributed by atoms with Gasteiger partial charge in [0.1, 0.15) is 11.8 Å². The van der Waals surface area contributed by atoms with Crippen LogP contribution in [0.3, 0.4) is 0 Å². The van der Waals surface area contributed by atoms with Crippen LogP contribution in [0.2, 0.25) is 0 Å². The lowest BCUT2D eigenvalue weighted by atomic mass is 10.2. The van der Waals surface area contributed by atoms with Crippen molar-refractivity contribution in [2.75, 3.05) is 6.61 Å². The Morgan fingerprint density at radius 2 is 2.26 bits per heavy atom. The van der Waals surface area contributed by atoms with Gasteiger partial charge in [0, 0.05) is 6.07 Å². The maximum absolute atomic E-state index is 11.4. The van der Waals surface area contributed by atoms with Gasteiger partial charge in [-0.1, -0.05) is 0 Å². The number of carbonyl (C=O) groups excluding carboxylic acids is 2. The molecule has 0 radical (unpaired) electrons. The normalized spacial score (nSPS) is 11.6. The molecule has 0 bridgehead atoms. The first-order valence-electron chi connectivity index (χ1n) is 5.25. The van der Waals surface area contributed by atoms with Crippen LogP contribution >= 0.6 is 0 Å². The summed E-state index contributed by atoms with van der Waals surface area (Å²) in [5.74, 6) is -2.29. The van der Waals surface area contributed by atoms with E-state index >= 15 is 0 Å². The number of ether oxygens (including phenoxy) is 1. The molecular formula is C10H13N3O6. The Kier molecular flexibility index (Phi) is 4.86. The van der Waals surface area contributed by atoms with Gasteiger partial charge in [-0.25, -0.2) is 4.79 Å². The number of primary amides is 1. The third kappa shape index (κ3) is 5.06. The minimum Gasteiger partial charge on any atom is -0.480 e. The van der Waals surface area contributed by atoms with Crippen molar-refractivity contribution < 1.29 is 28.8 Å². The van der Waals surface area contributed by atoms with Crippen LogP contribution in [0.4, 0.5) is 0 Å². The number of nitrogens with two attached hydrogens (primary N) is 1. The summed E-state index contributed by atoms with van der Waals surface area (Å²) in [7, 11) is 0. The van der Waals surface area contributed by atoms with Crippen LogP contribution in [0.5, 0.6) is 5.88 Å². The highest BCUT2D eigenvalue weighted by Crippen LogP contribution is 2.09. The Morgan fingerprint density at radius 3 is 2.74 bits per heavy atom. The summed E-state index contributed by atoms with van der Waals surface area (Å²) in [5, 5.41) is 14.4. The molecule has 0 aliphatic rings. The predicted molar refractivity (Wildman–Crippen MR) is 60.1 cm³/mol. The summed E-state index contributed by atoms with van der Waals surface area (Å²) in [6.45, 7) is 1.20. The number of aromatic nitrogens is 1. The van der Waals surface area contributed by atoms with Gasteiger partial charge in [0.25, 0.3) is 11.8 Å². The monoisotopic (exact) mass is 271 g/mol. The Balaban J connectivity index is 2.44. The molecule has 1 rings (SSSR count). The second-order valence-electron chi connectivity index (χ2n) is 3.69. The van der Waals surface area contributed by atoms with Crippen LogP contribution < -0.4 is 15.8 Å². The lowest BCUT2D eigenvalue weighted by Crippen LogP contribution is -2.45. The molecule has 1 heterocycles. The molecule has 0 saturated heterocycles. The van der Waals surface area contributed by atoms with Crippen molar-refractivity contribution in [1.82, 2.24) is 10.5 Å². The van der Waals surface area contributed by atoms with Crippen LogP contribution in [0.1, 0.15) is 12.2 Å². The van der Waals surface area contributed by atoms with Crippen molar-refractivity contribution in [1.29, 1.82) is 0 Å². The van der Waals surface area contributed by atoms with Crippen molar-refractivity contribution in [3.8, 4) is 5.88 Å². The van der Waals surface area contributed by atoms with Gasteiger partial charge in [-0.05, 0) is 12.1 Å². The smallest absolute Gasteiger partial charge is 0.326 e. The van der Waals surface area contributed by atoms with Crippen LogP contribution in [0.15, 0.2) is 10.6 Å². The quantitative estimate of drug-likeness (QED) is 0.565. The summed E-state index contributed by atoms with van der Waals surface area (Å²) in [4.78, 5) is 32.8. The van der Waals surface area contributed by atoms with Crippen molar-refractivity contribution in [2.24, 2.45) is 5.73 Å². The minimum absolute atomic E-state index is 0.106. The average Bonchev–Trinajstić information content (AvgIpc) is 2.71. The molecule has 9 heteroatoms. The Labute approximate surface area is 107 Å². The van der Waals surface area contributed by atoms with Crippen LogP contribution in [0.25, 0.3) is 0 Å². The Bertz CT molecular complexity index is 483. The van der Waals surface area contributed by atoms with E-state index in [2.05, 4.69) is 10.5 Å². The van der Waals surface area contributed by atoms with E-state index in [-0.39, 0.29) is 5.88 Å². The summed E-state index contributed by atoms with van der Waals surface area (Å²) in [6.07, 6.45) is -0.496. The molecule has 0 saturated carbocycles. The van der Waals surface area contributed by atoms with Gasteiger partial charge < -0.3 is 25.4 Å². The Hall–Kier alpha value is -2.58. The lowest BCUT2D eigenvalue weighted by molar-refractivity contribution is -0.143. The molecule has 0 fully saturated rings. The number of amides is 2. The van der Waals surface area contributed by atoms with E-state index in [1.807, 2.05) is 0 Å². The first-order valence-corrected chi connectivity index (χ1v) is 5.25. The fourth-order valence-electron chi connectivity index (χ4n) is 1.19. The van der Waals surface area contributed by atoms with Crippen molar-refractivity contribution in [3.63, 3.8) is 0 Å². The highest BCUT2D eigenvalue weighted by Gasteiger charge is 2.22. The zero-order valence-electron chi connectivity index (χ0n) is 10.1. The molecule has 9 nitrogen and oxygen atoms in total. The fraction of sp³-hybridized carbons (Fsp3) is 0.400. The zero-order valence-corrected chi connectivity index (χ0v) is 10.1. The van der Waals surface area contributed by atoms with Crippen LogP contribution in [0, 0.1) is 6.92 Å². The van der Waals surface area contributed by atoms with E-state index < -0.39 is 36.9 Å². The molecule has 0 aliphatic carbocycles. The average molecular weight is 271 g/mol. The van der Waals surface area contributed by atoms with Gasteiger partial charge in [0.05, 0.1) is 6.42 Å². The fourth-order valence-corrected chi connectivity index (χ4v) is 1.19. The predicted octanol–water partition coefficient (Wildman–Crippen LogP) is -1.19. The molecule has 104 valence electrons.